The van der Waals surface area contributed by atoms with E-state index in [9.17, 15) is 14.4 Å². The lowest BCUT2D eigenvalue weighted by Crippen LogP contribution is -2.20. The number of carbonyl (C=O) groups is 2. The Kier molecular flexibility index (Phi) is 6.42. The van der Waals surface area contributed by atoms with E-state index < -0.39 is 17.5 Å². The van der Waals surface area contributed by atoms with Crippen LogP contribution in [0.2, 0.25) is 5.02 Å². The molecule has 156 valence electrons. The van der Waals surface area contributed by atoms with Crippen molar-refractivity contribution in [2.45, 2.75) is 12.3 Å². The van der Waals surface area contributed by atoms with Crippen molar-refractivity contribution in [2.24, 2.45) is 0 Å². The summed E-state index contributed by atoms with van der Waals surface area (Å²) >= 11 is 6.22. The van der Waals surface area contributed by atoms with Crippen LogP contribution >= 0.6 is 11.6 Å². The topological polar surface area (TPSA) is 92.0 Å². The monoisotopic (exact) mass is 430 g/mol. The van der Waals surface area contributed by atoms with Crippen molar-refractivity contribution >= 4 is 34.3 Å². The van der Waals surface area contributed by atoms with Crippen LogP contribution in [0.5, 0.6) is 11.5 Å². The van der Waals surface area contributed by atoms with Crippen LogP contribution in [0.15, 0.2) is 51.7 Å². The van der Waals surface area contributed by atoms with Gasteiger partial charge in [-0.05, 0) is 35.9 Å². The minimum atomic E-state index is -1.03. The standard InChI is InChI=1S/C22H19ClO7/c1-27-13-6-4-12(5-7-13)18(24)9-16(22(26)29-3)14-10-21(25)30-19-11-20(28-2)17(23)8-15(14)19/h4-8,10-11,16H,9H2,1-3H3/t16-/m1/s1. The molecule has 0 amide bonds. The Hall–Kier alpha value is -3.32. The second-order valence-corrected chi connectivity index (χ2v) is 6.84. The zero-order valence-electron chi connectivity index (χ0n) is 16.6. The second kappa shape index (κ2) is 9.00. The average molecular weight is 431 g/mol. The molecule has 0 aliphatic rings. The quantitative estimate of drug-likeness (QED) is 0.318. The molecule has 3 rings (SSSR count). The summed E-state index contributed by atoms with van der Waals surface area (Å²) in [5.74, 6) is -1.06. The van der Waals surface area contributed by atoms with E-state index >= 15 is 0 Å². The first-order valence-corrected chi connectivity index (χ1v) is 9.32. The van der Waals surface area contributed by atoms with Crippen molar-refractivity contribution in [2.75, 3.05) is 21.3 Å². The number of Topliss-reactive ketones (excluding diaryl/α,β-unsaturated/α-hetero) is 1. The molecule has 1 atom stereocenters. The van der Waals surface area contributed by atoms with E-state index in [1.807, 2.05) is 0 Å². The molecule has 3 aromatic rings. The summed E-state index contributed by atoms with van der Waals surface area (Å²) in [5.41, 5.74) is 0.202. The van der Waals surface area contributed by atoms with E-state index in [2.05, 4.69) is 0 Å². The third-order valence-corrected chi connectivity index (χ3v) is 5.01. The molecular formula is C22H19ClO7. The number of rotatable bonds is 7. The van der Waals surface area contributed by atoms with E-state index in [0.717, 1.165) is 0 Å². The molecule has 1 aromatic heterocycles. The van der Waals surface area contributed by atoms with Crippen molar-refractivity contribution in [3.05, 3.63) is 69.0 Å². The Morgan fingerprint density at radius 3 is 2.33 bits per heavy atom. The summed E-state index contributed by atoms with van der Waals surface area (Å²) in [6, 6.07) is 10.7. The largest absolute Gasteiger partial charge is 0.497 e. The van der Waals surface area contributed by atoms with Gasteiger partial charge in [-0.25, -0.2) is 4.79 Å². The molecular weight excluding hydrogens is 412 g/mol. The first-order chi connectivity index (χ1) is 14.4. The van der Waals surface area contributed by atoms with Crippen molar-refractivity contribution in [3.63, 3.8) is 0 Å². The van der Waals surface area contributed by atoms with Crippen LogP contribution in [0.25, 0.3) is 11.0 Å². The first kappa shape index (κ1) is 21.4. The lowest BCUT2D eigenvalue weighted by Gasteiger charge is -2.17. The van der Waals surface area contributed by atoms with Gasteiger partial charge in [0.25, 0.3) is 0 Å². The fourth-order valence-electron chi connectivity index (χ4n) is 3.17. The summed E-state index contributed by atoms with van der Waals surface area (Å²) in [7, 11) is 4.17. The van der Waals surface area contributed by atoms with Crippen LogP contribution in [-0.4, -0.2) is 33.1 Å². The van der Waals surface area contributed by atoms with E-state index in [-0.39, 0.29) is 22.8 Å². The van der Waals surface area contributed by atoms with Gasteiger partial charge in [0.2, 0.25) is 0 Å². The number of methoxy groups -OCH3 is 3. The molecule has 0 N–H and O–H groups in total. The maximum atomic E-state index is 12.8. The molecule has 0 spiro atoms. The Labute approximate surface area is 177 Å². The van der Waals surface area contributed by atoms with E-state index in [4.69, 9.17) is 30.2 Å². The second-order valence-electron chi connectivity index (χ2n) is 6.44. The normalized spacial score (nSPS) is 11.7. The molecule has 2 aromatic carbocycles. The molecule has 0 aliphatic carbocycles. The highest BCUT2D eigenvalue weighted by Crippen LogP contribution is 2.35. The molecule has 0 aliphatic heterocycles. The molecule has 0 unspecified atom stereocenters. The number of esters is 1. The summed E-state index contributed by atoms with van der Waals surface area (Å²) < 4.78 is 20.4. The third-order valence-electron chi connectivity index (χ3n) is 4.71. The third kappa shape index (κ3) is 4.31. The Balaban J connectivity index is 2.08. The van der Waals surface area contributed by atoms with Crippen LogP contribution in [0, 0.1) is 0 Å². The minimum absolute atomic E-state index is 0.185. The summed E-state index contributed by atoms with van der Waals surface area (Å²) in [4.78, 5) is 37.5. The fourth-order valence-corrected chi connectivity index (χ4v) is 3.42. The highest BCUT2D eigenvalue weighted by molar-refractivity contribution is 6.32. The van der Waals surface area contributed by atoms with Crippen LogP contribution in [0.3, 0.4) is 0 Å². The van der Waals surface area contributed by atoms with E-state index in [1.165, 1.54) is 39.5 Å². The number of fused-ring (bicyclic) bond motifs is 1. The first-order valence-electron chi connectivity index (χ1n) is 8.94. The van der Waals surface area contributed by atoms with Crippen molar-refractivity contribution in [3.8, 4) is 11.5 Å². The number of hydrogen-bond acceptors (Lipinski definition) is 7. The highest BCUT2D eigenvalue weighted by atomic mass is 35.5. The molecule has 0 bridgehead atoms. The maximum absolute atomic E-state index is 12.8. The summed E-state index contributed by atoms with van der Waals surface area (Å²) in [6.45, 7) is 0. The number of hydrogen-bond donors (Lipinski definition) is 0. The lowest BCUT2D eigenvalue weighted by atomic mass is 9.89. The zero-order valence-corrected chi connectivity index (χ0v) is 17.3. The maximum Gasteiger partial charge on any atom is 0.336 e. The van der Waals surface area contributed by atoms with Gasteiger partial charge in [-0.2, -0.15) is 0 Å². The van der Waals surface area contributed by atoms with Crippen LogP contribution in [0.4, 0.5) is 0 Å². The molecule has 0 fully saturated rings. The number of benzene rings is 2. The van der Waals surface area contributed by atoms with Crippen LogP contribution < -0.4 is 15.1 Å². The summed E-state index contributed by atoms with van der Waals surface area (Å²) in [6.07, 6.45) is -0.207. The van der Waals surface area contributed by atoms with Crippen LogP contribution in [-0.2, 0) is 9.53 Å². The lowest BCUT2D eigenvalue weighted by molar-refractivity contribution is -0.142. The predicted molar refractivity (Wildman–Crippen MR) is 111 cm³/mol. The van der Waals surface area contributed by atoms with E-state index in [1.54, 1.807) is 24.3 Å². The van der Waals surface area contributed by atoms with Crippen molar-refractivity contribution in [1.29, 1.82) is 0 Å². The van der Waals surface area contributed by atoms with Crippen molar-refractivity contribution < 1.29 is 28.2 Å². The Bertz CT molecular complexity index is 1150. The fraction of sp³-hybridized carbons (Fsp3) is 0.227. The summed E-state index contributed by atoms with van der Waals surface area (Å²) in [5, 5.41) is 0.684. The molecule has 30 heavy (non-hydrogen) atoms. The molecule has 7 nitrogen and oxygen atoms in total. The van der Waals surface area contributed by atoms with Gasteiger partial charge in [0.15, 0.2) is 5.78 Å². The molecule has 0 radical (unpaired) electrons. The molecule has 8 heteroatoms. The van der Waals surface area contributed by atoms with Crippen molar-refractivity contribution in [1.82, 2.24) is 0 Å². The highest BCUT2D eigenvalue weighted by Gasteiger charge is 2.28. The van der Waals surface area contributed by atoms with E-state index in [0.29, 0.717) is 28.0 Å². The van der Waals surface area contributed by atoms with Gasteiger partial charge in [0.1, 0.15) is 17.1 Å². The SMILES string of the molecule is COC(=O)[C@H](CC(=O)c1ccc(OC)cc1)c1cc(=O)oc2cc(OC)c(Cl)cc12. The smallest absolute Gasteiger partial charge is 0.336 e. The molecule has 0 saturated carbocycles. The average Bonchev–Trinajstić information content (AvgIpc) is 2.76. The number of halogens is 1. The number of carbonyl (C=O) groups excluding carboxylic acids is 2. The number of ketones is 1. The van der Waals surface area contributed by atoms with Gasteiger partial charge in [0, 0.05) is 29.5 Å². The minimum Gasteiger partial charge on any atom is -0.497 e. The number of ether oxygens (including phenoxy) is 3. The van der Waals surface area contributed by atoms with Gasteiger partial charge < -0.3 is 18.6 Å². The Morgan fingerprint density at radius 1 is 1.03 bits per heavy atom. The predicted octanol–water partition coefficient (Wildman–Crippen LogP) is 3.99. The van der Waals surface area contributed by atoms with Gasteiger partial charge in [-0.15, -0.1) is 0 Å². The molecule has 1 heterocycles. The van der Waals surface area contributed by atoms with Gasteiger partial charge in [-0.1, -0.05) is 11.6 Å². The van der Waals surface area contributed by atoms with Gasteiger partial charge in [-0.3, -0.25) is 9.59 Å². The Morgan fingerprint density at radius 2 is 1.73 bits per heavy atom. The van der Waals surface area contributed by atoms with Gasteiger partial charge in [0.05, 0.1) is 32.3 Å². The molecule has 0 saturated heterocycles. The van der Waals surface area contributed by atoms with Crippen LogP contribution in [0.1, 0.15) is 28.3 Å². The van der Waals surface area contributed by atoms with Gasteiger partial charge >= 0.3 is 11.6 Å². The zero-order chi connectivity index (χ0) is 21.8.